The van der Waals surface area contributed by atoms with Gasteiger partial charge in [-0.1, -0.05) is 6.07 Å². The summed E-state index contributed by atoms with van der Waals surface area (Å²) < 4.78 is 32.8. The summed E-state index contributed by atoms with van der Waals surface area (Å²) >= 11 is 0. The smallest absolute Gasteiger partial charge is 0.230 e. The Labute approximate surface area is 184 Å². The third-order valence-corrected chi connectivity index (χ3v) is 5.62. The largest absolute Gasteiger partial charge is 0.378 e. The van der Waals surface area contributed by atoms with Crippen molar-refractivity contribution in [2.24, 2.45) is 0 Å². The molecule has 5 rings (SSSR count). The average Bonchev–Trinajstić information content (AvgIpc) is 2.86. The number of rotatable bonds is 4. The molecule has 4 heterocycles. The van der Waals surface area contributed by atoms with E-state index in [0.29, 0.717) is 62.7 Å². The van der Waals surface area contributed by atoms with Crippen LogP contribution in [0.3, 0.4) is 0 Å². The zero-order valence-electron chi connectivity index (χ0n) is 17.5. The number of ether oxygens (including phenoxy) is 1. The standard InChI is InChI=1S/C22H23F2N7O/c23-17-5-4-16(15-18(17)24)20-26-21(28-22(27-20)31-11-13-32-14-12-31)30-9-7-29(8-10-30)19-3-1-2-6-25-19/h1-6,15H,7-14H2. The van der Waals surface area contributed by atoms with Gasteiger partial charge in [0.2, 0.25) is 11.9 Å². The first-order valence-corrected chi connectivity index (χ1v) is 10.6. The van der Waals surface area contributed by atoms with Gasteiger partial charge in [-0.2, -0.15) is 15.0 Å². The number of hydrogen-bond donors (Lipinski definition) is 0. The minimum absolute atomic E-state index is 0.322. The number of halogens is 2. The molecule has 0 N–H and O–H groups in total. The van der Waals surface area contributed by atoms with E-state index in [-0.39, 0.29) is 0 Å². The summed E-state index contributed by atoms with van der Waals surface area (Å²) in [7, 11) is 0. The number of piperazine rings is 1. The monoisotopic (exact) mass is 439 g/mol. The highest BCUT2D eigenvalue weighted by atomic mass is 19.2. The summed E-state index contributed by atoms with van der Waals surface area (Å²) in [5.74, 6) is 0.484. The first kappa shape index (κ1) is 20.5. The Kier molecular flexibility index (Phi) is 5.76. The molecule has 2 aromatic heterocycles. The highest BCUT2D eigenvalue weighted by molar-refractivity contribution is 5.59. The number of benzene rings is 1. The molecule has 166 valence electrons. The molecule has 0 radical (unpaired) electrons. The predicted molar refractivity (Wildman–Crippen MR) is 117 cm³/mol. The lowest BCUT2D eigenvalue weighted by atomic mass is 10.2. The Balaban J connectivity index is 1.44. The van der Waals surface area contributed by atoms with E-state index in [0.717, 1.165) is 31.0 Å². The van der Waals surface area contributed by atoms with Crippen LogP contribution < -0.4 is 14.7 Å². The first-order chi connectivity index (χ1) is 15.7. The van der Waals surface area contributed by atoms with Crippen LogP contribution in [0, 0.1) is 11.6 Å². The topological polar surface area (TPSA) is 70.5 Å². The van der Waals surface area contributed by atoms with Crippen LogP contribution in [0.4, 0.5) is 26.5 Å². The van der Waals surface area contributed by atoms with Gasteiger partial charge in [-0.3, -0.25) is 0 Å². The van der Waals surface area contributed by atoms with Gasteiger partial charge in [0, 0.05) is 51.0 Å². The fourth-order valence-corrected chi connectivity index (χ4v) is 3.84. The second-order valence-corrected chi connectivity index (χ2v) is 7.65. The van der Waals surface area contributed by atoms with Crippen LogP contribution in [0.2, 0.25) is 0 Å². The van der Waals surface area contributed by atoms with E-state index in [4.69, 9.17) is 9.72 Å². The van der Waals surface area contributed by atoms with Gasteiger partial charge in [-0.25, -0.2) is 13.8 Å². The van der Waals surface area contributed by atoms with Crippen molar-refractivity contribution >= 4 is 17.7 Å². The molecule has 10 heteroatoms. The van der Waals surface area contributed by atoms with Gasteiger partial charge in [0.15, 0.2) is 17.5 Å². The van der Waals surface area contributed by atoms with E-state index >= 15 is 0 Å². The summed E-state index contributed by atoms with van der Waals surface area (Å²) in [5.41, 5.74) is 0.411. The maximum atomic E-state index is 13.9. The van der Waals surface area contributed by atoms with Crippen LogP contribution in [0.15, 0.2) is 42.6 Å². The molecule has 3 aromatic rings. The molecule has 2 aliphatic heterocycles. The van der Waals surface area contributed by atoms with Gasteiger partial charge < -0.3 is 19.4 Å². The lowest BCUT2D eigenvalue weighted by molar-refractivity contribution is 0.122. The van der Waals surface area contributed by atoms with Crippen molar-refractivity contribution < 1.29 is 13.5 Å². The fraction of sp³-hybridized carbons (Fsp3) is 0.364. The molecule has 0 saturated carbocycles. The number of hydrogen-bond acceptors (Lipinski definition) is 8. The SMILES string of the molecule is Fc1ccc(-c2nc(N3CCOCC3)nc(N3CCN(c4ccccn4)CC3)n2)cc1F. The number of aromatic nitrogens is 4. The molecule has 2 aliphatic rings. The molecule has 2 saturated heterocycles. The maximum Gasteiger partial charge on any atom is 0.230 e. The minimum atomic E-state index is -0.929. The van der Waals surface area contributed by atoms with Crippen LogP contribution in [0.25, 0.3) is 11.4 Å². The third-order valence-electron chi connectivity index (χ3n) is 5.62. The second kappa shape index (κ2) is 8.99. The zero-order valence-corrected chi connectivity index (χ0v) is 17.5. The molecule has 2 fully saturated rings. The molecule has 8 nitrogen and oxygen atoms in total. The zero-order chi connectivity index (χ0) is 21.9. The minimum Gasteiger partial charge on any atom is -0.378 e. The van der Waals surface area contributed by atoms with Crippen LogP contribution >= 0.6 is 0 Å². The predicted octanol–water partition coefficient (Wildman–Crippen LogP) is 2.38. The fourth-order valence-electron chi connectivity index (χ4n) is 3.84. The molecule has 0 unspecified atom stereocenters. The van der Waals surface area contributed by atoms with Gasteiger partial charge in [0.1, 0.15) is 5.82 Å². The summed E-state index contributed by atoms with van der Waals surface area (Å²) in [6.07, 6.45) is 1.79. The average molecular weight is 439 g/mol. The maximum absolute atomic E-state index is 13.9. The Morgan fingerprint density at radius 1 is 0.719 bits per heavy atom. The first-order valence-electron chi connectivity index (χ1n) is 10.6. The Morgan fingerprint density at radius 2 is 1.41 bits per heavy atom. The van der Waals surface area contributed by atoms with E-state index in [1.807, 2.05) is 23.1 Å². The Morgan fingerprint density at radius 3 is 2.06 bits per heavy atom. The Hall–Kier alpha value is -3.40. The van der Waals surface area contributed by atoms with Gasteiger partial charge >= 0.3 is 0 Å². The number of nitrogens with zero attached hydrogens (tertiary/aromatic N) is 7. The summed E-state index contributed by atoms with van der Waals surface area (Å²) in [4.78, 5) is 24.7. The van der Waals surface area contributed by atoms with E-state index in [2.05, 4.69) is 24.8 Å². The highest BCUT2D eigenvalue weighted by Crippen LogP contribution is 2.24. The number of pyridine rings is 1. The van der Waals surface area contributed by atoms with E-state index < -0.39 is 11.6 Å². The quantitative estimate of drug-likeness (QED) is 0.614. The second-order valence-electron chi connectivity index (χ2n) is 7.65. The molecule has 0 spiro atoms. The lowest BCUT2D eigenvalue weighted by Crippen LogP contribution is -2.47. The molecule has 0 aliphatic carbocycles. The van der Waals surface area contributed by atoms with E-state index in [1.165, 1.54) is 6.07 Å². The molecule has 0 bridgehead atoms. The van der Waals surface area contributed by atoms with Crippen molar-refractivity contribution in [3.63, 3.8) is 0 Å². The molecule has 32 heavy (non-hydrogen) atoms. The third kappa shape index (κ3) is 4.31. The van der Waals surface area contributed by atoms with Crippen LogP contribution in [0.5, 0.6) is 0 Å². The number of morpholine rings is 1. The van der Waals surface area contributed by atoms with Gasteiger partial charge in [0.25, 0.3) is 0 Å². The Bertz CT molecular complexity index is 1070. The van der Waals surface area contributed by atoms with Gasteiger partial charge in [0.05, 0.1) is 13.2 Å². The molecular weight excluding hydrogens is 416 g/mol. The van der Waals surface area contributed by atoms with E-state index in [9.17, 15) is 8.78 Å². The van der Waals surface area contributed by atoms with E-state index in [1.54, 1.807) is 6.20 Å². The van der Waals surface area contributed by atoms with Crippen LogP contribution in [-0.2, 0) is 4.74 Å². The van der Waals surface area contributed by atoms with Crippen molar-refractivity contribution in [3.05, 3.63) is 54.2 Å². The van der Waals surface area contributed by atoms with Gasteiger partial charge in [-0.05, 0) is 30.3 Å². The summed E-state index contributed by atoms with van der Waals surface area (Å²) in [6, 6.07) is 9.57. The molecule has 1 aromatic carbocycles. The molecule has 0 amide bonds. The van der Waals surface area contributed by atoms with Crippen molar-refractivity contribution in [1.29, 1.82) is 0 Å². The molecular formula is C22H23F2N7O. The van der Waals surface area contributed by atoms with Crippen LogP contribution in [-0.4, -0.2) is 72.4 Å². The van der Waals surface area contributed by atoms with Gasteiger partial charge in [-0.15, -0.1) is 0 Å². The summed E-state index contributed by atoms with van der Waals surface area (Å²) in [6.45, 7) is 5.46. The normalized spacial score (nSPS) is 17.0. The summed E-state index contributed by atoms with van der Waals surface area (Å²) in [5, 5.41) is 0. The van der Waals surface area contributed by atoms with Crippen LogP contribution in [0.1, 0.15) is 0 Å². The van der Waals surface area contributed by atoms with Crippen molar-refractivity contribution in [3.8, 4) is 11.4 Å². The molecule has 0 atom stereocenters. The number of anilines is 3. The van der Waals surface area contributed by atoms with Crippen molar-refractivity contribution in [2.45, 2.75) is 0 Å². The van der Waals surface area contributed by atoms with Crippen molar-refractivity contribution in [1.82, 2.24) is 19.9 Å². The van der Waals surface area contributed by atoms with Crippen molar-refractivity contribution in [2.75, 3.05) is 67.2 Å². The highest BCUT2D eigenvalue weighted by Gasteiger charge is 2.24. The lowest BCUT2D eigenvalue weighted by Gasteiger charge is -2.36.